The molecule has 2 rings (SSSR count). The Bertz CT molecular complexity index is 678. The molecule has 0 radical (unpaired) electrons. The summed E-state index contributed by atoms with van der Waals surface area (Å²) in [6.45, 7) is 4.74. The molecule has 1 aromatic rings. The maximum Gasteiger partial charge on any atom is 0.251 e. The Kier molecular flexibility index (Phi) is 7.87. The molecule has 1 aliphatic carbocycles. The van der Waals surface area contributed by atoms with Crippen molar-refractivity contribution in [3.05, 3.63) is 29.8 Å². The van der Waals surface area contributed by atoms with Gasteiger partial charge in [-0.3, -0.25) is 4.79 Å². The SMILES string of the molecule is CCC(CC)(CN)NC(=O)c1cccc(S(=O)(=O)NCC2CC2)c1.Cl. The summed E-state index contributed by atoms with van der Waals surface area (Å²) in [4.78, 5) is 12.6. The Morgan fingerprint density at radius 2 is 1.92 bits per heavy atom. The third-order valence-electron chi connectivity index (χ3n) is 4.79. The molecule has 142 valence electrons. The summed E-state index contributed by atoms with van der Waals surface area (Å²) >= 11 is 0. The molecule has 0 saturated heterocycles. The van der Waals surface area contributed by atoms with Crippen molar-refractivity contribution in [1.29, 1.82) is 0 Å². The zero-order chi connectivity index (χ0) is 17.8. The van der Waals surface area contributed by atoms with E-state index in [1.165, 1.54) is 12.1 Å². The van der Waals surface area contributed by atoms with Crippen LogP contribution in [0.1, 0.15) is 49.9 Å². The average molecular weight is 390 g/mol. The van der Waals surface area contributed by atoms with Crippen LogP contribution >= 0.6 is 12.4 Å². The molecule has 8 heteroatoms. The van der Waals surface area contributed by atoms with Crippen molar-refractivity contribution < 1.29 is 13.2 Å². The molecule has 0 spiro atoms. The zero-order valence-electron chi connectivity index (χ0n) is 14.7. The fourth-order valence-electron chi connectivity index (χ4n) is 2.52. The average Bonchev–Trinajstić information content (AvgIpc) is 3.42. The standard InChI is InChI=1S/C17H27N3O3S.ClH/c1-3-17(4-2,12-18)20-16(21)14-6-5-7-15(10-14)24(22,23)19-11-13-8-9-13;/h5-7,10,13,19H,3-4,8-9,11-12,18H2,1-2H3,(H,20,21);1H. The van der Waals surface area contributed by atoms with Crippen LogP contribution in [-0.4, -0.2) is 33.0 Å². The third-order valence-corrected chi connectivity index (χ3v) is 6.21. The van der Waals surface area contributed by atoms with E-state index in [0.29, 0.717) is 37.4 Å². The number of carbonyl (C=O) groups excluding carboxylic acids is 1. The topological polar surface area (TPSA) is 101 Å². The van der Waals surface area contributed by atoms with Gasteiger partial charge in [-0.25, -0.2) is 13.1 Å². The molecule has 1 amide bonds. The molecule has 0 aliphatic heterocycles. The van der Waals surface area contributed by atoms with Crippen molar-refractivity contribution in [2.75, 3.05) is 13.1 Å². The second-order valence-electron chi connectivity index (χ2n) is 6.47. The van der Waals surface area contributed by atoms with Crippen LogP contribution in [0.3, 0.4) is 0 Å². The predicted molar refractivity (Wildman–Crippen MR) is 101 cm³/mol. The minimum atomic E-state index is -3.59. The summed E-state index contributed by atoms with van der Waals surface area (Å²) in [5, 5.41) is 2.96. The second-order valence-corrected chi connectivity index (χ2v) is 8.24. The Hall–Kier alpha value is -1.15. The van der Waals surface area contributed by atoms with Crippen LogP contribution in [0.25, 0.3) is 0 Å². The number of hydrogen-bond donors (Lipinski definition) is 3. The second kappa shape index (κ2) is 8.98. The van der Waals surface area contributed by atoms with E-state index in [1.807, 2.05) is 13.8 Å². The molecule has 1 aromatic carbocycles. The van der Waals surface area contributed by atoms with Gasteiger partial charge in [-0.05, 0) is 49.8 Å². The van der Waals surface area contributed by atoms with Crippen LogP contribution in [0.15, 0.2) is 29.2 Å². The maximum atomic E-state index is 12.5. The molecule has 1 aliphatic rings. The lowest BCUT2D eigenvalue weighted by Gasteiger charge is -2.31. The first-order valence-electron chi connectivity index (χ1n) is 8.48. The molecule has 25 heavy (non-hydrogen) atoms. The van der Waals surface area contributed by atoms with Gasteiger partial charge in [0.1, 0.15) is 0 Å². The summed E-state index contributed by atoms with van der Waals surface area (Å²) in [5.41, 5.74) is 5.67. The van der Waals surface area contributed by atoms with Crippen molar-refractivity contribution in [1.82, 2.24) is 10.0 Å². The zero-order valence-corrected chi connectivity index (χ0v) is 16.4. The van der Waals surface area contributed by atoms with Crippen molar-refractivity contribution in [2.24, 2.45) is 11.7 Å². The Morgan fingerprint density at radius 1 is 1.28 bits per heavy atom. The fourth-order valence-corrected chi connectivity index (χ4v) is 3.68. The number of nitrogens with one attached hydrogen (secondary N) is 2. The monoisotopic (exact) mass is 389 g/mol. The number of hydrogen-bond acceptors (Lipinski definition) is 4. The molecule has 0 unspecified atom stereocenters. The van der Waals surface area contributed by atoms with Crippen molar-refractivity contribution in [3.8, 4) is 0 Å². The van der Waals surface area contributed by atoms with Gasteiger partial charge in [-0.2, -0.15) is 0 Å². The van der Waals surface area contributed by atoms with Gasteiger partial charge in [0.2, 0.25) is 10.0 Å². The predicted octanol–water partition coefficient (Wildman–Crippen LogP) is 2.04. The summed E-state index contributed by atoms with van der Waals surface area (Å²) in [7, 11) is -3.59. The lowest BCUT2D eigenvalue weighted by Crippen LogP contribution is -2.52. The van der Waals surface area contributed by atoms with E-state index in [-0.39, 0.29) is 23.2 Å². The summed E-state index contributed by atoms with van der Waals surface area (Å²) in [6, 6.07) is 6.11. The van der Waals surface area contributed by atoms with Crippen LogP contribution < -0.4 is 15.8 Å². The molecule has 1 saturated carbocycles. The molecular weight excluding hydrogens is 362 g/mol. The highest BCUT2D eigenvalue weighted by atomic mass is 35.5. The summed E-state index contributed by atoms with van der Waals surface area (Å²) < 4.78 is 27.3. The number of sulfonamides is 1. The normalized spacial score (nSPS) is 14.7. The van der Waals surface area contributed by atoms with Gasteiger partial charge in [-0.15, -0.1) is 12.4 Å². The molecule has 0 aromatic heterocycles. The van der Waals surface area contributed by atoms with E-state index in [0.717, 1.165) is 12.8 Å². The number of amides is 1. The highest BCUT2D eigenvalue weighted by molar-refractivity contribution is 7.89. The van der Waals surface area contributed by atoms with Crippen LogP contribution in [0.5, 0.6) is 0 Å². The van der Waals surface area contributed by atoms with Crippen molar-refractivity contribution in [3.63, 3.8) is 0 Å². The first kappa shape index (κ1) is 21.9. The maximum absolute atomic E-state index is 12.5. The molecule has 6 nitrogen and oxygen atoms in total. The van der Waals surface area contributed by atoms with E-state index in [4.69, 9.17) is 5.73 Å². The Labute approximate surface area is 156 Å². The molecule has 4 N–H and O–H groups in total. The molecular formula is C17H28ClN3O3S. The number of rotatable bonds is 9. The van der Waals surface area contributed by atoms with Crippen LogP contribution in [0.4, 0.5) is 0 Å². The van der Waals surface area contributed by atoms with Gasteiger partial charge >= 0.3 is 0 Å². The van der Waals surface area contributed by atoms with Crippen LogP contribution in [0.2, 0.25) is 0 Å². The fraction of sp³-hybridized carbons (Fsp3) is 0.588. The van der Waals surface area contributed by atoms with Crippen molar-refractivity contribution >= 4 is 28.3 Å². The lowest BCUT2D eigenvalue weighted by molar-refractivity contribution is 0.0895. The van der Waals surface area contributed by atoms with E-state index >= 15 is 0 Å². The quantitative estimate of drug-likeness (QED) is 0.601. The minimum absolute atomic E-state index is 0. The molecule has 0 bridgehead atoms. The van der Waals surface area contributed by atoms with Gasteiger partial charge in [0.15, 0.2) is 0 Å². The minimum Gasteiger partial charge on any atom is -0.345 e. The van der Waals surface area contributed by atoms with E-state index in [9.17, 15) is 13.2 Å². The highest BCUT2D eigenvalue weighted by Crippen LogP contribution is 2.28. The molecule has 1 fully saturated rings. The number of carbonyl (C=O) groups is 1. The first-order chi connectivity index (χ1) is 11.4. The van der Waals surface area contributed by atoms with E-state index < -0.39 is 15.6 Å². The molecule has 0 heterocycles. The smallest absolute Gasteiger partial charge is 0.251 e. The van der Waals surface area contributed by atoms with Gasteiger partial charge in [0.25, 0.3) is 5.91 Å². The third kappa shape index (κ3) is 5.67. The van der Waals surface area contributed by atoms with Crippen molar-refractivity contribution in [2.45, 2.75) is 50.0 Å². The lowest BCUT2D eigenvalue weighted by atomic mass is 9.92. The van der Waals surface area contributed by atoms with Gasteiger partial charge in [-0.1, -0.05) is 19.9 Å². The van der Waals surface area contributed by atoms with Gasteiger partial charge in [0, 0.05) is 18.7 Å². The molecule has 0 atom stereocenters. The first-order valence-corrected chi connectivity index (χ1v) is 9.96. The number of nitrogens with two attached hydrogens (primary N) is 1. The summed E-state index contributed by atoms with van der Waals surface area (Å²) in [6.07, 6.45) is 3.57. The van der Waals surface area contributed by atoms with Crippen LogP contribution in [0, 0.1) is 5.92 Å². The highest BCUT2D eigenvalue weighted by Gasteiger charge is 2.28. The van der Waals surface area contributed by atoms with E-state index in [1.54, 1.807) is 12.1 Å². The largest absolute Gasteiger partial charge is 0.345 e. The Morgan fingerprint density at radius 3 is 2.44 bits per heavy atom. The van der Waals surface area contributed by atoms with Gasteiger partial charge < -0.3 is 11.1 Å². The Balaban J connectivity index is 0.00000312. The number of benzene rings is 1. The number of halogens is 1. The van der Waals surface area contributed by atoms with E-state index in [2.05, 4.69) is 10.0 Å². The van der Waals surface area contributed by atoms with Crippen LogP contribution in [-0.2, 0) is 10.0 Å². The van der Waals surface area contributed by atoms with Gasteiger partial charge in [0.05, 0.1) is 10.4 Å². The summed E-state index contributed by atoms with van der Waals surface area (Å²) in [5.74, 6) is 0.147.